The summed E-state index contributed by atoms with van der Waals surface area (Å²) in [6.45, 7) is 0. The molecule has 9 heteroatoms. The molecule has 25 heavy (non-hydrogen) atoms. The average molecular weight is 380 g/mol. The van der Waals surface area contributed by atoms with E-state index in [0.29, 0.717) is 21.7 Å². The Hall–Kier alpha value is -2.52. The van der Waals surface area contributed by atoms with Crippen molar-refractivity contribution in [3.63, 3.8) is 0 Å². The lowest BCUT2D eigenvalue weighted by Crippen LogP contribution is -2.13. The van der Waals surface area contributed by atoms with Crippen molar-refractivity contribution >= 4 is 37.3 Å². The monoisotopic (exact) mass is 380 g/mol. The molecule has 0 atom stereocenters. The van der Waals surface area contributed by atoms with Crippen LogP contribution in [0.1, 0.15) is 0 Å². The van der Waals surface area contributed by atoms with Crippen LogP contribution in [0.25, 0.3) is 10.2 Å². The average Bonchev–Trinajstić information content (AvgIpc) is 2.88. The number of benzene rings is 2. The normalized spacial score (nSPS) is 11.5. The maximum Gasteiger partial charge on any atom is 0.307 e. The van der Waals surface area contributed by atoms with Crippen molar-refractivity contribution in [3.8, 4) is 11.5 Å². The molecule has 1 aromatic heterocycles. The van der Waals surface area contributed by atoms with E-state index in [9.17, 15) is 13.2 Å². The van der Waals surface area contributed by atoms with Crippen LogP contribution in [0.15, 0.2) is 46.1 Å². The van der Waals surface area contributed by atoms with Crippen LogP contribution in [0, 0.1) is 0 Å². The lowest BCUT2D eigenvalue weighted by molar-refractivity contribution is 0.405. The molecule has 0 aliphatic rings. The standard InChI is InChI=1S/C16H16N2O5S2/c1-18-13-6-5-11(9-15(13)24-16(18)19)25(20,21)17-12-8-10(22-2)4-7-14(12)23-3/h4-9,17H,1-3H3. The lowest BCUT2D eigenvalue weighted by Gasteiger charge is -2.13. The highest BCUT2D eigenvalue weighted by atomic mass is 32.2. The van der Waals surface area contributed by atoms with Gasteiger partial charge in [0.15, 0.2) is 0 Å². The number of rotatable bonds is 5. The van der Waals surface area contributed by atoms with Gasteiger partial charge >= 0.3 is 4.87 Å². The van der Waals surface area contributed by atoms with Gasteiger partial charge < -0.3 is 14.0 Å². The molecule has 0 amide bonds. The Bertz CT molecular complexity index is 1100. The van der Waals surface area contributed by atoms with Crippen molar-refractivity contribution in [1.82, 2.24) is 4.57 Å². The van der Waals surface area contributed by atoms with E-state index in [1.165, 1.54) is 37.0 Å². The SMILES string of the molecule is COc1ccc(OC)c(NS(=O)(=O)c2ccc3c(c2)sc(=O)n3C)c1. The van der Waals surface area contributed by atoms with Crippen LogP contribution in [0.4, 0.5) is 5.69 Å². The first-order valence-corrected chi connectivity index (χ1v) is 9.50. The van der Waals surface area contributed by atoms with Crippen LogP contribution in [-0.2, 0) is 17.1 Å². The highest BCUT2D eigenvalue weighted by Gasteiger charge is 2.19. The fraction of sp³-hybridized carbons (Fsp3) is 0.188. The number of thiazole rings is 1. The minimum absolute atomic E-state index is 0.0618. The molecule has 0 bridgehead atoms. The maximum absolute atomic E-state index is 12.7. The number of fused-ring (bicyclic) bond motifs is 1. The first-order valence-electron chi connectivity index (χ1n) is 7.20. The maximum atomic E-state index is 12.7. The van der Waals surface area contributed by atoms with Crippen LogP contribution >= 0.6 is 11.3 Å². The van der Waals surface area contributed by atoms with Crippen molar-refractivity contribution in [2.24, 2.45) is 7.05 Å². The smallest absolute Gasteiger partial charge is 0.307 e. The zero-order valence-corrected chi connectivity index (χ0v) is 15.4. The second-order valence-corrected chi connectivity index (χ2v) is 7.90. The molecule has 7 nitrogen and oxygen atoms in total. The number of sulfonamides is 1. The van der Waals surface area contributed by atoms with E-state index in [4.69, 9.17) is 9.47 Å². The van der Waals surface area contributed by atoms with E-state index in [0.717, 1.165) is 11.3 Å². The molecule has 0 saturated heterocycles. The number of hydrogen-bond acceptors (Lipinski definition) is 6. The van der Waals surface area contributed by atoms with Gasteiger partial charge in [0.2, 0.25) is 0 Å². The van der Waals surface area contributed by atoms with E-state index in [-0.39, 0.29) is 15.5 Å². The molecular formula is C16H16N2O5S2. The molecule has 0 aliphatic carbocycles. The molecule has 0 radical (unpaired) electrons. The largest absolute Gasteiger partial charge is 0.497 e. The lowest BCUT2D eigenvalue weighted by atomic mass is 10.3. The topological polar surface area (TPSA) is 86.6 Å². The molecular weight excluding hydrogens is 364 g/mol. The minimum Gasteiger partial charge on any atom is -0.497 e. The van der Waals surface area contributed by atoms with Crippen LogP contribution in [-0.4, -0.2) is 27.2 Å². The number of nitrogens with one attached hydrogen (secondary N) is 1. The van der Waals surface area contributed by atoms with Gasteiger partial charge in [-0.3, -0.25) is 9.52 Å². The third kappa shape index (κ3) is 3.20. The molecule has 1 heterocycles. The summed E-state index contributed by atoms with van der Waals surface area (Å²) in [5, 5.41) is 0. The highest BCUT2D eigenvalue weighted by Crippen LogP contribution is 2.31. The summed E-state index contributed by atoms with van der Waals surface area (Å²) < 4.78 is 40.3. The van der Waals surface area contributed by atoms with Gasteiger partial charge in [-0.25, -0.2) is 8.42 Å². The van der Waals surface area contributed by atoms with Crippen LogP contribution in [0.3, 0.4) is 0 Å². The van der Waals surface area contributed by atoms with E-state index < -0.39 is 10.0 Å². The van der Waals surface area contributed by atoms with E-state index >= 15 is 0 Å². The molecule has 0 spiro atoms. The molecule has 1 N–H and O–H groups in total. The third-order valence-electron chi connectivity index (χ3n) is 3.73. The van der Waals surface area contributed by atoms with Crippen molar-refractivity contribution in [1.29, 1.82) is 0 Å². The number of aryl methyl sites for hydroxylation is 1. The van der Waals surface area contributed by atoms with Gasteiger partial charge in [-0.1, -0.05) is 11.3 Å². The minimum atomic E-state index is -3.86. The quantitative estimate of drug-likeness (QED) is 0.735. The van der Waals surface area contributed by atoms with Gasteiger partial charge in [-0.2, -0.15) is 0 Å². The Balaban J connectivity index is 2.04. The summed E-state index contributed by atoms with van der Waals surface area (Å²) in [7, 11) is 0.734. The molecule has 0 fully saturated rings. The van der Waals surface area contributed by atoms with Gasteiger partial charge in [0.25, 0.3) is 10.0 Å². The van der Waals surface area contributed by atoms with Gasteiger partial charge in [-0.15, -0.1) is 0 Å². The van der Waals surface area contributed by atoms with Gasteiger partial charge in [0, 0.05) is 13.1 Å². The number of methoxy groups -OCH3 is 2. The van der Waals surface area contributed by atoms with Crippen molar-refractivity contribution in [3.05, 3.63) is 46.1 Å². The van der Waals surface area contributed by atoms with Crippen molar-refractivity contribution < 1.29 is 17.9 Å². The second-order valence-electron chi connectivity index (χ2n) is 5.23. The molecule has 3 rings (SSSR count). The molecule has 3 aromatic rings. The summed E-state index contributed by atoms with van der Waals surface area (Å²) >= 11 is 1.000. The van der Waals surface area contributed by atoms with Gasteiger partial charge in [-0.05, 0) is 30.3 Å². The summed E-state index contributed by atoms with van der Waals surface area (Å²) in [5.74, 6) is 0.866. The number of nitrogens with zero attached hydrogens (tertiary/aromatic N) is 1. The number of anilines is 1. The van der Waals surface area contributed by atoms with E-state index in [2.05, 4.69) is 4.72 Å². The summed E-state index contributed by atoms with van der Waals surface area (Å²) in [5.41, 5.74) is 0.955. The third-order valence-corrected chi connectivity index (χ3v) is 6.08. The Morgan fingerprint density at radius 1 is 1.08 bits per heavy atom. The first kappa shape index (κ1) is 17.3. The molecule has 0 unspecified atom stereocenters. The van der Waals surface area contributed by atoms with Crippen LogP contribution < -0.4 is 19.1 Å². The first-order chi connectivity index (χ1) is 11.9. The fourth-order valence-corrected chi connectivity index (χ4v) is 4.46. The van der Waals surface area contributed by atoms with E-state index in [1.807, 2.05) is 0 Å². The highest BCUT2D eigenvalue weighted by molar-refractivity contribution is 7.92. The van der Waals surface area contributed by atoms with Crippen molar-refractivity contribution in [2.75, 3.05) is 18.9 Å². The number of ether oxygens (including phenoxy) is 2. The Morgan fingerprint density at radius 3 is 2.52 bits per heavy atom. The van der Waals surface area contributed by atoms with Crippen LogP contribution in [0.2, 0.25) is 0 Å². The second kappa shape index (κ2) is 6.41. The molecule has 132 valence electrons. The summed E-state index contributed by atoms with van der Waals surface area (Å²) in [4.78, 5) is 11.6. The Kier molecular flexibility index (Phi) is 4.44. The summed E-state index contributed by atoms with van der Waals surface area (Å²) in [6.07, 6.45) is 0. The van der Waals surface area contributed by atoms with Crippen LogP contribution in [0.5, 0.6) is 11.5 Å². The zero-order valence-electron chi connectivity index (χ0n) is 13.8. The molecule has 0 aliphatic heterocycles. The van der Waals surface area contributed by atoms with Crippen molar-refractivity contribution in [2.45, 2.75) is 4.90 Å². The zero-order chi connectivity index (χ0) is 18.2. The molecule has 2 aromatic carbocycles. The fourth-order valence-electron chi connectivity index (χ4n) is 2.38. The van der Waals surface area contributed by atoms with E-state index in [1.54, 1.807) is 25.2 Å². The van der Waals surface area contributed by atoms with Gasteiger partial charge in [0.1, 0.15) is 11.5 Å². The number of hydrogen-bond donors (Lipinski definition) is 1. The predicted molar refractivity (Wildman–Crippen MR) is 97.4 cm³/mol. The Labute approximate surface area is 148 Å². The summed E-state index contributed by atoms with van der Waals surface area (Å²) in [6, 6.07) is 9.38. The number of aromatic nitrogens is 1. The Morgan fingerprint density at radius 2 is 1.84 bits per heavy atom. The van der Waals surface area contributed by atoms with Gasteiger partial charge in [0.05, 0.1) is 35.0 Å². The molecule has 0 saturated carbocycles. The predicted octanol–water partition coefficient (Wildman–Crippen LogP) is 2.42.